The molecule has 1 aliphatic carbocycles. The van der Waals surface area contributed by atoms with Gasteiger partial charge in [-0.25, -0.2) is 4.79 Å². The van der Waals surface area contributed by atoms with Crippen LogP contribution >= 0.6 is 0 Å². The van der Waals surface area contributed by atoms with Crippen LogP contribution in [0.5, 0.6) is 11.5 Å². The van der Waals surface area contributed by atoms with Crippen molar-refractivity contribution >= 4 is 23.9 Å². The molecule has 1 aliphatic rings. The summed E-state index contributed by atoms with van der Waals surface area (Å²) in [6, 6.07) is 4.25. The van der Waals surface area contributed by atoms with E-state index in [2.05, 4.69) is 5.32 Å². The molecule has 206 valence electrons. The Morgan fingerprint density at radius 3 is 2.11 bits per heavy atom. The minimum Gasteiger partial charge on any atom is -0.477 e. The number of carboxylic acid groups (broad SMARTS) is 1. The fourth-order valence-electron chi connectivity index (χ4n) is 4.26. The molecule has 0 amide bonds. The van der Waals surface area contributed by atoms with Crippen LogP contribution in [-0.4, -0.2) is 40.8 Å². The third-order valence-electron chi connectivity index (χ3n) is 6.47. The van der Waals surface area contributed by atoms with Gasteiger partial charge < -0.3 is 19.3 Å². The molecule has 0 spiro atoms. The van der Waals surface area contributed by atoms with Crippen molar-refractivity contribution in [3.8, 4) is 11.5 Å². The van der Waals surface area contributed by atoms with Gasteiger partial charge in [0.25, 0.3) is 5.72 Å². The van der Waals surface area contributed by atoms with Crippen LogP contribution in [0.2, 0.25) is 0 Å². The Hall–Kier alpha value is -2.94. The van der Waals surface area contributed by atoms with Crippen molar-refractivity contribution in [2.75, 3.05) is 0 Å². The van der Waals surface area contributed by atoms with E-state index >= 15 is 0 Å². The number of esters is 3. The molecule has 0 aliphatic heterocycles. The number of carbonyl (C=O) groups is 4. The first-order valence-corrected chi connectivity index (χ1v) is 13.4. The largest absolute Gasteiger partial charge is 0.477 e. The van der Waals surface area contributed by atoms with E-state index in [1.807, 2.05) is 27.7 Å². The predicted octanol–water partition coefficient (Wildman–Crippen LogP) is 4.93. The van der Waals surface area contributed by atoms with Crippen LogP contribution in [0.4, 0.5) is 0 Å². The van der Waals surface area contributed by atoms with E-state index in [9.17, 15) is 24.3 Å². The highest BCUT2D eigenvalue weighted by molar-refractivity contribution is 5.83. The molecular formula is C28H41NO8. The van der Waals surface area contributed by atoms with Crippen LogP contribution in [0.3, 0.4) is 0 Å². The average molecular weight is 520 g/mol. The lowest BCUT2D eigenvalue weighted by molar-refractivity contribution is -0.188. The summed E-state index contributed by atoms with van der Waals surface area (Å²) in [5, 5.41) is 13.3. The Kier molecular flexibility index (Phi) is 12.0. The zero-order valence-corrected chi connectivity index (χ0v) is 22.5. The fraction of sp³-hybridized carbons (Fsp3) is 0.643. The third kappa shape index (κ3) is 9.14. The molecular weight excluding hydrogens is 478 g/mol. The van der Waals surface area contributed by atoms with Crippen molar-refractivity contribution in [3.63, 3.8) is 0 Å². The quantitative estimate of drug-likeness (QED) is 0.200. The Morgan fingerprint density at radius 2 is 1.57 bits per heavy atom. The van der Waals surface area contributed by atoms with E-state index in [0.29, 0.717) is 37.7 Å². The number of carbonyl (C=O) groups excluding carboxylic acids is 3. The number of ether oxygens (including phenoxy) is 3. The SMILES string of the molecule is CCCC(=O)Oc1ccc(C[C@](NC(C)CC)(OC(=O)C2CCCCC2)C(=O)O)cc1OC(=O)CCC. The molecule has 2 rings (SSSR count). The molecule has 2 N–H and O–H groups in total. The summed E-state index contributed by atoms with van der Waals surface area (Å²) in [6.45, 7) is 7.40. The molecule has 9 heteroatoms. The van der Waals surface area contributed by atoms with Crippen molar-refractivity contribution in [2.24, 2.45) is 5.92 Å². The number of rotatable bonds is 14. The van der Waals surface area contributed by atoms with Gasteiger partial charge in [-0.2, -0.15) is 0 Å². The minimum atomic E-state index is -2.02. The van der Waals surface area contributed by atoms with Gasteiger partial charge >= 0.3 is 23.9 Å². The molecule has 1 aromatic rings. The number of carboxylic acids is 1. The van der Waals surface area contributed by atoms with Crippen molar-refractivity contribution in [1.29, 1.82) is 0 Å². The van der Waals surface area contributed by atoms with E-state index in [1.165, 1.54) is 12.1 Å². The van der Waals surface area contributed by atoms with Crippen LogP contribution in [0.25, 0.3) is 0 Å². The summed E-state index contributed by atoms with van der Waals surface area (Å²) in [6.07, 6.45) is 6.14. The zero-order chi connectivity index (χ0) is 27.4. The smallest absolute Gasteiger partial charge is 0.364 e. The lowest BCUT2D eigenvalue weighted by Crippen LogP contribution is -2.60. The van der Waals surface area contributed by atoms with Crippen LogP contribution in [0.15, 0.2) is 18.2 Å². The van der Waals surface area contributed by atoms with Gasteiger partial charge in [0.1, 0.15) is 0 Å². The molecule has 0 bridgehead atoms. The van der Waals surface area contributed by atoms with Gasteiger partial charge in [0.05, 0.1) is 5.92 Å². The van der Waals surface area contributed by atoms with Crippen LogP contribution < -0.4 is 14.8 Å². The topological polar surface area (TPSA) is 128 Å². The molecule has 1 unspecified atom stereocenters. The first kappa shape index (κ1) is 30.3. The molecule has 0 heterocycles. The second-order valence-electron chi connectivity index (χ2n) is 9.75. The Labute approximate surface area is 219 Å². The third-order valence-corrected chi connectivity index (χ3v) is 6.47. The number of hydrogen-bond donors (Lipinski definition) is 2. The normalized spacial score (nSPS) is 16.3. The second kappa shape index (κ2) is 14.7. The molecule has 1 fully saturated rings. The van der Waals surface area contributed by atoms with Gasteiger partial charge in [0.15, 0.2) is 11.5 Å². The summed E-state index contributed by atoms with van der Waals surface area (Å²) in [7, 11) is 0. The molecule has 0 saturated heterocycles. The van der Waals surface area contributed by atoms with E-state index in [4.69, 9.17) is 14.2 Å². The monoisotopic (exact) mass is 519 g/mol. The Morgan fingerprint density at radius 1 is 0.973 bits per heavy atom. The molecule has 1 aromatic carbocycles. The predicted molar refractivity (Wildman–Crippen MR) is 137 cm³/mol. The fourth-order valence-corrected chi connectivity index (χ4v) is 4.26. The number of benzene rings is 1. The van der Waals surface area contributed by atoms with Gasteiger partial charge in [-0.1, -0.05) is 46.1 Å². The van der Waals surface area contributed by atoms with E-state index in [-0.39, 0.29) is 42.7 Å². The summed E-state index contributed by atoms with van der Waals surface area (Å²) in [4.78, 5) is 50.0. The van der Waals surface area contributed by atoms with E-state index in [1.54, 1.807) is 6.07 Å². The van der Waals surface area contributed by atoms with Gasteiger partial charge in [0, 0.05) is 25.3 Å². The minimum absolute atomic E-state index is 0.0156. The van der Waals surface area contributed by atoms with Gasteiger partial charge in [-0.15, -0.1) is 0 Å². The van der Waals surface area contributed by atoms with Crippen molar-refractivity contribution in [3.05, 3.63) is 23.8 Å². The standard InChI is InChI=1S/C28H41NO8/c1-5-11-24(30)35-22-16-15-20(17-23(22)36-25(31)12-6-2)18-28(27(33)34,29-19(4)7-3)37-26(32)21-13-9-8-10-14-21/h15-17,19,21,29H,5-14,18H2,1-4H3,(H,33,34)/t19?,28-/m0/s1. The van der Waals surface area contributed by atoms with Crippen LogP contribution in [0.1, 0.15) is 97.5 Å². The molecule has 37 heavy (non-hydrogen) atoms. The molecule has 1 saturated carbocycles. The van der Waals surface area contributed by atoms with Gasteiger partial charge in [-0.3, -0.25) is 19.7 Å². The van der Waals surface area contributed by atoms with Crippen molar-refractivity contribution in [2.45, 2.75) is 110 Å². The van der Waals surface area contributed by atoms with Gasteiger partial charge in [-0.05, 0) is 56.7 Å². The van der Waals surface area contributed by atoms with E-state index in [0.717, 1.165) is 19.3 Å². The molecule has 9 nitrogen and oxygen atoms in total. The maximum absolute atomic E-state index is 13.0. The summed E-state index contributed by atoms with van der Waals surface area (Å²) in [5.74, 6) is -3.07. The molecule has 2 atom stereocenters. The summed E-state index contributed by atoms with van der Waals surface area (Å²) in [5.41, 5.74) is -1.58. The van der Waals surface area contributed by atoms with Gasteiger partial charge in [0.2, 0.25) is 0 Å². The number of nitrogens with one attached hydrogen (secondary N) is 1. The summed E-state index contributed by atoms with van der Waals surface area (Å²) < 4.78 is 16.6. The van der Waals surface area contributed by atoms with Crippen LogP contribution in [-0.2, 0) is 30.3 Å². The average Bonchev–Trinajstić information content (AvgIpc) is 2.86. The van der Waals surface area contributed by atoms with Crippen LogP contribution in [0, 0.1) is 5.92 Å². The Balaban J connectivity index is 2.42. The summed E-state index contributed by atoms with van der Waals surface area (Å²) >= 11 is 0. The van der Waals surface area contributed by atoms with E-state index < -0.39 is 29.6 Å². The number of aliphatic carboxylic acids is 1. The maximum atomic E-state index is 13.0. The molecule has 0 aromatic heterocycles. The first-order valence-electron chi connectivity index (χ1n) is 13.4. The number of hydrogen-bond acceptors (Lipinski definition) is 8. The highest BCUT2D eigenvalue weighted by atomic mass is 16.6. The van der Waals surface area contributed by atoms with Crippen molar-refractivity contribution < 1.29 is 38.5 Å². The maximum Gasteiger partial charge on any atom is 0.364 e. The highest BCUT2D eigenvalue weighted by Crippen LogP contribution is 2.32. The lowest BCUT2D eigenvalue weighted by atomic mass is 9.89. The Bertz CT molecular complexity index is 940. The lowest BCUT2D eigenvalue weighted by Gasteiger charge is -2.35. The zero-order valence-electron chi connectivity index (χ0n) is 22.5. The first-order chi connectivity index (χ1) is 17.6. The highest BCUT2D eigenvalue weighted by Gasteiger charge is 2.45. The molecule has 0 radical (unpaired) electrons. The second-order valence-corrected chi connectivity index (χ2v) is 9.75. The van der Waals surface area contributed by atoms with Crippen molar-refractivity contribution in [1.82, 2.24) is 5.32 Å².